The molecule has 0 fully saturated rings. The number of nitrogens with zero attached hydrogens (tertiary/aromatic N) is 1. The van der Waals surface area contributed by atoms with Crippen molar-refractivity contribution < 1.29 is 33.4 Å². The fraction of sp³-hybridized carbons (Fsp3) is 0.457. The van der Waals surface area contributed by atoms with Crippen molar-refractivity contribution in [2.75, 3.05) is 6.54 Å². The number of carbonyl (C=O) groups is 5. The molecule has 0 radical (unpaired) electrons. The predicted octanol–water partition coefficient (Wildman–Crippen LogP) is 4.20. The third kappa shape index (κ3) is 12.0. The van der Waals surface area contributed by atoms with Crippen LogP contribution in [0.4, 0.5) is 4.79 Å². The van der Waals surface area contributed by atoms with Gasteiger partial charge in [-0.1, -0.05) is 60.2 Å². The lowest BCUT2D eigenvalue weighted by Gasteiger charge is -2.35. The third-order valence-electron chi connectivity index (χ3n) is 6.57. The zero-order chi connectivity index (χ0) is 34.8. The Labute approximate surface area is 271 Å². The number of nitrogens with one attached hydrogen (secondary N) is 2. The van der Waals surface area contributed by atoms with Gasteiger partial charge in [-0.3, -0.25) is 14.4 Å². The van der Waals surface area contributed by atoms with Crippen LogP contribution in [0.1, 0.15) is 76.3 Å². The minimum absolute atomic E-state index is 0.126. The number of esters is 1. The van der Waals surface area contributed by atoms with Crippen molar-refractivity contribution in [3.63, 3.8) is 0 Å². The molecule has 4 N–H and O–H groups in total. The summed E-state index contributed by atoms with van der Waals surface area (Å²) in [5, 5.41) is 5.26. The molecule has 2 aromatic carbocycles. The molecule has 0 aromatic heterocycles. The van der Waals surface area contributed by atoms with E-state index >= 15 is 0 Å². The minimum atomic E-state index is -1.46. The number of benzene rings is 2. The maximum atomic E-state index is 14.4. The number of carbonyl (C=O) groups excluding carboxylic acids is 5. The molecule has 0 heterocycles. The molecule has 4 amide bonds. The standard InChI is InChI=1S/C35H48N4O7/c1-10-18-39(31(42)26(21-28(36)40)38-33(44)46-35(7,8)9)29(25-17-16-22(2)19-23(25)3)30(41)37-27(32(43)45-34(4,5)6)20-24-14-12-11-13-15-24/h10-17,19,26-27,29H,1,18,20-21H2,2-9H3,(H2,36,40)(H,37,41)(H,38,44). The zero-order valence-corrected chi connectivity index (χ0v) is 28.1. The number of amides is 4. The van der Waals surface area contributed by atoms with E-state index in [1.54, 1.807) is 60.6 Å². The lowest BCUT2D eigenvalue weighted by atomic mass is 9.95. The molecular weight excluding hydrogens is 588 g/mol. The molecule has 46 heavy (non-hydrogen) atoms. The summed E-state index contributed by atoms with van der Waals surface area (Å²) in [6.45, 7) is 17.5. The number of hydrogen-bond acceptors (Lipinski definition) is 7. The van der Waals surface area contributed by atoms with Gasteiger partial charge in [-0.25, -0.2) is 9.59 Å². The van der Waals surface area contributed by atoms with Crippen LogP contribution in [0.2, 0.25) is 0 Å². The van der Waals surface area contributed by atoms with Crippen molar-refractivity contribution >= 4 is 29.8 Å². The van der Waals surface area contributed by atoms with E-state index in [4.69, 9.17) is 15.2 Å². The van der Waals surface area contributed by atoms with Crippen LogP contribution < -0.4 is 16.4 Å². The third-order valence-corrected chi connectivity index (χ3v) is 6.57. The van der Waals surface area contributed by atoms with Crippen LogP contribution >= 0.6 is 0 Å². The van der Waals surface area contributed by atoms with Gasteiger partial charge in [-0.15, -0.1) is 6.58 Å². The average molecular weight is 637 g/mol. The Morgan fingerprint density at radius 3 is 2.02 bits per heavy atom. The normalized spacial score (nSPS) is 13.4. The molecule has 250 valence electrons. The van der Waals surface area contributed by atoms with Crippen LogP contribution in [-0.2, 0) is 35.1 Å². The Kier molecular flexibility index (Phi) is 13.1. The summed E-state index contributed by atoms with van der Waals surface area (Å²) in [4.78, 5) is 67.9. The van der Waals surface area contributed by atoms with Gasteiger partial charge in [0.25, 0.3) is 0 Å². The molecule has 11 nitrogen and oxygen atoms in total. The Morgan fingerprint density at radius 1 is 0.891 bits per heavy atom. The van der Waals surface area contributed by atoms with Gasteiger partial charge in [0, 0.05) is 13.0 Å². The Hall–Kier alpha value is -4.67. The molecule has 0 bridgehead atoms. The fourth-order valence-electron chi connectivity index (χ4n) is 4.76. The van der Waals surface area contributed by atoms with Crippen LogP contribution in [-0.4, -0.2) is 64.5 Å². The highest BCUT2D eigenvalue weighted by atomic mass is 16.6. The van der Waals surface area contributed by atoms with Gasteiger partial charge in [0.2, 0.25) is 17.7 Å². The van der Waals surface area contributed by atoms with Gasteiger partial charge < -0.3 is 30.7 Å². The van der Waals surface area contributed by atoms with Crippen LogP contribution in [0, 0.1) is 13.8 Å². The second kappa shape index (κ2) is 16.1. The first-order valence-corrected chi connectivity index (χ1v) is 15.1. The SMILES string of the molecule is C=CCN(C(=O)C(CC(N)=O)NC(=O)OC(C)(C)C)C(C(=O)NC(Cc1ccccc1)C(=O)OC(C)(C)C)c1ccc(C)cc1C. The highest BCUT2D eigenvalue weighted by Crippen LogP contribution is 2.27. The molecule has 0 saturated heterocycles. The summed E-state index contributed by atoms with van der Waals surface area (Å²) < 4.78 is 11.0. The Morgan fingerprint density at radius 2 is 1.50 bits per heavy atom. The number of ether oxygens (including phenoxy) is 2. The van der Waals surface area contributed by atoms with E-state index in [0.29, 0.717) is 11.1 Å². The summed E-state index contributed by atoms with van der Waals surface area (Å²) in [5.41, 5.74) is 6.63. The van der Waals surface area contributed by atoms with Crippen LogP contribution in [0.5, 0.6) is 0 Å². The fourth-order valence-corrected chi connectivity index (χ4v) is 4.76. The molecule has 0 aliphatic heterocycles. The minimum Gasteiger partial charge on any atom is -0.458 e. The molecule has 3 unspecified atom stereocenters. The van der Waals surface area contributed by atoms with Crippen molar-refractivity contribution in [2.24, 2.45) is 5.73 Å². The lowest BCUT2D eigenvalue weighted by Crippen LogP contribution is -2.55. The van der Waals surface area contributed by atoms with E-state index in [1.165, 1.54) is 11.0 Å². The maximum absolute atomic E-state index is 14.4. The van der Waals surface area contributed by atoms with Gasteiger partial charge in [-0.2, -0.15) is 0 Å². The maximum Gasteiger partial charge on any atom is 0.408 e. The Balaban J connectivity index is 2.64. The van der Waals surface area contributed by atoms with Gasteiger partial charge >= 0.3 is 12.1 Å². The highest BCUT2D eigenvalue weighted by Gasteiger charge is 2.39. The molecule has 0 spiro atoms. The van der Waals surface area contributed by atoms with Crippen molar-refractivity contribution in [1.29, 1.82) is 0 Å². The van der Waals surface area contributed by atoms with Crippen molar-refractivity contribution in [3.05, 3.63) is 83.4 Å². The van der Waals surface area contributed by atoms with E-state index in [-0.39, 0.29) is 13.0 Å². The van der Waals surface area contributed by atoms with Gasteiger partial charge in [0.05, 0.1) is 6.42 Å². The van der Waals surface area contributed by atoms with E-state index < -0.39 is 65.5 Å². The quantitative estimate of drug-likeness (QED) is 0.220. The molecule has 2 aromatic rings. The van der Waals surface area contributed by atoms with Crippen LogP contribution in [0.25, 0.3) is 0 Å². The number of nitrogens with two attached hydrogens (primary N) is 1. The van der Waals surface area contributed by atoms with Crippen molar-refractivity contribution in [2.45, 2.75) is 97.6 Å². The Bertz CT molecular complexity index is 1410. The first-order valence-electron chi connectivity index (χ1n) is 15.1. The van der Waals surface area contributed by atoms with Crippen LogP contribution in [0.15, 0.2) is 61.2 Å². The summed E-state index contributed by atoms with van der Waals surface area (Å²) in [5.74, 6) is -2.96. The smallest absolute Gasteiger partial charge is 0.408 e. The number of hydrogen-bond donors (Lipinski definition) is 3. The molecular formula is C35H48N4O7. The van der Waals surface area contributed by atoms with E-state index in [1.807, 2.05) is 43.3 Å². The van der Waals surface area contributed by atoms with E-state index in [2.05, 4.69) is 17.2 Å². The molecule has 0 aliphatic rings. The number of rotatable bonds is 13. The molecule has 2 rings (SSSR count). The first kappa shape index (κ1) is 37.5. The van der Waals surface area contributed by atoms with E-state index in [0.717, 1.165) is 11.1 Å². The predicted molar refractivity (Wildman–Crippen MR) is 175 cm³/mol. The summed E-state index contributed by atoms with van der Waals surface area (Å²) >= 11 is 0. The zero-order valence-electron chi connectivity index (χ0n) is 28.1. The van der Waals surface area contributed by atoms with Gasteiger partial charge in [-0.05, 0) is 72.1 Å². The molecule has 11 heteroatoms. The topological polar surface area (TPSA) is 157 Å². The summed E-state index contributed by atoms with van der Waals surface area (Å²) in [7, 11) is 0. The monoisotopic (exact) mass is 636 g/mol. The number of alkyl carbamates (subject to hydrolysis) is 1. The summed E-state index contributed by atoms with van der Waals surface area (Å²) in [6, 6.07) is 10.7. The molecule has 0 saturated carbocycles. The molecule has 0 aliphatic carbocycles. The van der Waals surface area contributed by atoms with Crippen LogP contribution in [0.3, 0.4) is 0 Å². The van der Waals surface area contributed by atoms with Gasteiger partial charge in [0.1, 0.15) is 29.3 Å². The molecule has 3 atom stereocenters. The summed E-state index contributed by atoms with van der Waals surface area (Å²) in [6.07, 6.45) is 0.0555. The van der Waals surface area contributed by atoms with Gasteiger partial charge in [0.15, 0.2) is 0 Å². The first-order chi connectivity index (χ1) is 21.3. The second-order valence-electron chi connectivity index (χ2n) is 13.2. The average Bonchev–Trinajstić information content (AvgIpc) is 2.91. The number of aryl methyl sites for hydroxylation is 2. The lowest BCUT2D eigenvalue weighted by molar-refractivity contribution is -0.159. The second-order valence-corrected chi connectivity index (χ2v) is 13.2. The van der Waals surface area contributed by atoms with E-state index in [9.17, 15) is 24.0 Å². The largest absolute Gasteiger partial charge is 0.458 e. The highest BCUT2D eigenvalue weighted by molar-refractivity contribution is 5.96. The van der Waals surface area contributed by atoms with Crippen molar-refractivity contribution in [3.8, 4) is 0 Å². The number of primary amides is 1. The van der Waals surface area contributed by atoms with Crippen molar-refractivity contribution in [1.82, 2.24) is 15.5 Å².